The van der Waals surface area contributed by atoms with Crippen LogP contribution in [0.3, 0.4) is 0 Å². The maximum atomic E-state index is 9.86. The van der Waals surface area contributed by atoms with Crippen molar-refractivity contribution in [3.63, 3.8) is 0 Å². The van der Waals surface area contributed by atoms with E-state index in [-0.39, 0.29) is 5.54 Å². The first-order chi connectivity index (χ1) is 7.99. The summed E-state index contributed by atoms with van der Waals surface area (Å²) in [5, 5.41) is 9.86. The lowest BCUT2D eigenvalue weighted by Gasteiger charge is -2.42. The molecule has 1 aromatic carbocycles. The molecule has 0 aromatic heterocycles. The van der Waals surface area contributed by atoms with Gasteiger partial charge in [0.2, 0.25) is 0 Å². The zero-order chi connectivity index (χ0) is 12.5. The molecule has 1 fully saturated rings. The van der Waals surface area contributed by atoms with E-state index in [1.54, 1.807) is 6.07 Å². The van der Waals surface area contributed by atoms with Gasteiger partial charge in [0.25, 0.3) is 0 Å². The summed E-state index contributed by atoms with van der Waals surface area (Å²) in [5.74, 6) is 0.357. The second-order valence-corrected chi connectivity index (χ2v) is 5.98. The van der Waals surface area contributed by atoms with Crippen molar-refractivity contribution in [2.75, 3.05) is 19.8 Å². The van der Waals surface area contributed by atoms with Crippen LogP contribution >= 0.6 is 15.9 Å². The van der Waals surface area contributed by atoms with Crippen molar-refractivity contribution in [1.82, 2.24) is 4.90 Å². The van der Waals surface area contributed by atoms with Crippen molar-refractivity contribution in [2.45, 2.75) is 25.9 Å². The average Bonchev–Trinajstić information content (AvgIpc) is 2.26. The molecule has 0 atom stereocenters. The SMILES string of the molecule is CC1(C)COCCN1Cc1cc(Br)ccc1O. The van der Waals surface area contributed by atoms with Crippen molar-refractivity contribution < 1.29 is 9.84 Å². The highest BCUT2D eigenvalue weighted by Crippen LogP contribution is 2.27. The number of aromatic hydroxyl groups is 1. The first-order valence-electron chi connectivity index (χ1n) is 5.79. The molecule has 0 bridgehead atoms. The highest BCUT2D eigenvalue weighted by Gasteiger charge is 2.30. The van der Waals surface area contributed by atoms with Gasteiger partial charge in [0.15, 0.2) is 0 Å². The number of phenols is 1. The van der Waals surface area contributed by atoms with Crippen LogP contribution in [0.2, 0.25) is 0 Å². The molecule has 0 unspecified atom stereocenters. The highest BCUT2D eigenvalue weighted by atomic mass is 79.9. The van der Waals surface area contributed by atoms with Gasteiger partial charge in [-0.1, -0.05) is 15.9 Å². The smallest absolute Gasteiger partial charge is 0.120 e. The van der Waals surface area contributed by atoms with Gasteiger partial charge in [0.05, 0.1) is 13.2 Å². The van der Waals surface area contributed by atoms with Crippen molar-refractivity contribution in [1.29, 1.82) is 0 Å². The molecule has 17 heavy (non-hydrogen) atoms. The van der Waals surface area contributed by atoms with E-state index in [9.17, 15) is 5.11 Å². The molecule has 0 saturated carbocycles. The molecular formula is C13H18BrNO2. The lowest BCUT2D eigenvalue weighted by atomic mass is 10.0. The minimum absolute atomic E-state index is 0.0208. The molecule has 0 radical (unpaired) electrons. The molecule has 3 nitrogen and oxygen atoms in total. The molecule has 1 heterocycles. The third kappa shape index (κ3) is 3.00. The summed E-state index contributed by atoms with van der Waals surface area (Å²) >= 11 is 3.44. The van der Waals surface area contributed by atoms with Crippen LogP contribution in [-0.4, -0.2) is 35.3 Å². The zero-order valence-corrected chi connectivity index (χ0v) is 11.8. The Morgan fingerprint density at radius 2 is 2.24 bits per heavy atom. The topological polar surface area (TPSA) is 32.7 Å². The van der Waals surface area contributed by atoms with Gasteiger partial charge < -0.3 is 9.84 Å². The molecule has 1 aliphatic rings. The van der Waals surface area contributed by atoms with Gasteiger partial charge in [0.1, 0.15) is 5.75 Å². The van der Waals surface area contributed by atoms with Gasteiger partial charge in [-0.25, -0.2) is 0 Å². The van der Waals surface area contributed by atoms with Gasteiger partial charge in [0, 0.05) is 28.7 Å². The summed E-state index contributed by atoms with van der Waals surface area (Å²) in [6.07, 6.45) is 0. The van der Waals surface area contributed by atoms with E-state index in [1.807, 2.05) is 12.1 Å². The number of phenolic OH excluding ortho intramolecular Hbond substituents is 1. The predicted molar refractivity (Wildman–Crippen MR) is 71.1 cm³/mol. The van der Waals surface area contributed by atoms with Crippen LogP contribution < -0.4 is 0 Å². The first kappa shape index (κ1) is 12.9. The predicted octanol–water partition coefficient (Wildman–Crippen LogP) is 2.77. The molecule has 1 N–H and O–H groups in total. The Kier molecular flexibility index (Phi) is 3.76. The number of nitrogens with zero attached hydrogens (tertiary/aromatic N) is 1. The largest absolute Gasteiger partial charge is 0.508 e. The summed E-state index contributed by atoms with van der Waals surface area (Å²) in [7, 11) is 0. The van der Waals surface area contributed by atoms with Crippen LogP contribution in [0, 0.1) is 0 Å². The zero-order valence-electron chi connectivity index (χ0n) is 10.2. The number of halogens is 1. The summed E-state index contributed by atoms with van der Waals surface area (Å²) in [4.78, 5) is 2.35. The Bertz CT molecular complexity index is 406. The third-order valence-electron chi connectivity index (χ3n) is 3.22. The number of hydrogen-bond acceptors (Lipinski definition) is 3. The van der Waals surface area contributed by atoms with Crippen LogP contribution in [-0.2, 0) is 11.3 Å². The fraction of sp³-hybridized carbons (Fsp3) is 0.538. The summed E-state index contributed by atoms with van der Waals surface area (Å²) < 4.78 is 6.49. The van der Waals surface area contributed by atoms with Gasteiger partial charge in [-0.3, -0.25) is 4.90 Å². The van der Waals surface area contributed by atoms with Crippen LogP contribution in [0.5, 0.6) is 5.75 Å². The van der Waals surface area contributed by atoms with Crippen molar-refractivity contribution >= 4 is 15.9 Å². The molecule has 0 spiro atoms. The summed E-state index contributed by atoms with van der Waals surface area (Å²) in [5.41, 5.74) is 0.974. The van der Waals surface area contributed by atoms with Gasteiger partial charge in [-0.2, -0.15) is 0 Å². The Labute approximate surface area is 111 Å². The van der Waals surface area contributed by atoms with Crippen LogP contribution in [0.4, 0.5) is 0 Å². The summed E-state index contributed by atoms with van der Waals surface area (Å²) in [6.45, 7) is 7.49. The molecule has 1 aromatic rings. The Balaban J connectivity index is 2.16. The standard InChI is InChI=1S/C13H18BrNO2/c1-13(2)9-17-6-5-15(13)8-10-7-11(14)3-4-12(10)16/h3-4,7,16H,5-6,8-9H2,1-2H3. The monoisotopic (exact) mass is 299 g/mol. The van der Waals surface area contributed by atoms with E-state index < -0.39 is 0 Å². The normalized spacial score (nSPS) is 20.4. The molecule has 1 aliphatic heterocycles. The molecule has 0 amide bonds. The van der Waals surface area contributed by atoms with Crippen molar-refractivity contribution in [3.8, 4) is 5.75 Å². The van der Waals surface area contributed by atoms with Crippen LogP contribution in [0.25, 0.3) is 0 Å². The summed E-state index contributed by atoms with van der Waals surface area (Å²) in [6, 6.07) is 5.55. The number of ether oxygens (including phenoxy) is 1. The highest BCUT2D eigenvalue weighted by molar-refractivity contribution is 9.10. The minimum atomic E-state index is 0.0208. The van der Waals surface area contributed by atoms with E-state index in [0.717, 1.165) is 36.3 Å². The van der Waals surface area contributed by atoms with Gasteiger partial charge >= 0.3 is 0 Å². The third-order valence-corrected chi connectivity index (χ3v) is 3.71. The fourth-order valence-corrected chi connectivity index (χ4v) is 2.48. The maximum absolute atomic E-state index is 9.86. The average molecular weight is 300 g/mol. The molecule has 1 saturated heterocycles. The van der Waals surface area contributed by atoms with E-state index in [4.69, 9.17) is 4.74 Å². The molecular weight excluding hydrogens is 282 g/mol. The minimum Gasteiger partial charge on any atom is -0.508 e. The Morgan fingerprint density at radius 1 is 1.47 bits per heavy atom. The van der Waals surface area contributed by atoms with E-state index >= 15 is 0 Å². The number of hydrogen-bond donors (Lipinski definition) is 1. The molecule has 0 aliphatic carbocycles. The molecule has 94 valence electrons. The van der Waals surface area contributed by atoms with E-state index in [1.165, 1.54) is 0 Å². The van der Waals surface area contributed by atoms with Crippen molar-refractivity contribution in [2.24, 2.45) is 0 Å². The molecule has 4 heteroatoms. The quantitative estimate of drug-likeness (QED) is 0.911. The lowest BCUT2D eigenvalue weighted by Crippen LogP contribution is -2.52. The van der Waals surface area contributed by atoms with E-state index in [2.05, 4.69) is 34.7 Å². The van der Waals surface area contributed by atoms with E-state index in [0.29, 0.717) is 5.75 Å². The van der Waals surface area contributed by atoms with Crippen LogP contribution in [0.1, 0.15) is 19.4 Å². The van der Waals surface area contributed by atoms with Crippen molar-refractivity contribution in [3.05, 3.63) is 28.2 Å². The maximum Gasteiger partial charge on any atom is 0.120 e. The van der Waals surface area contributed by atoms with Gasteiger partial charge in [-0.15, -0.1) is 0 Å². The Hall–Kier alpha value is -0.580. The van der Waals surface area contributed by atoms with Gasteiger partial charge in [-0.05, 0) is 32.0 Å². The number of morpholine rings is 1. The number of benzene rings is 1. The number of rotatable bonds is 2. The van der Waals surface area contributed by atoms with Crippen LogP contribution in [0.15, 0.2) is 22.7 Å². The molecule has 2 rings (SSSR count). The Morgan fingerprint density at radius 3 is 2.94 bits per heavy atom. The second-order valence-electron chi connectivity index (χ2n) is 5.06. The fourth-order valence-electron chi connectivity index (χ4n) is 2.07. The lowest BCUT2D eigenvalue weighted by molar-refractivity contribution is -0.0555. The first-order valence-corrected chi connectivity index (χ1v) is 6.58. The second kappa shape index (κ2) is 4.96.